The van der Waals surface area contributed by atoms with E-state index in [0.29, 0.717) is 5.69 Å². The Kier molecular flexibility index (Phi) is 3.10. The number of rotatable bonds is 2. The van der Waals surface area contributed by atoms with Crippen LogP contribution in [0.3, 0.4) is 0 Å². The van der Waals surface area contributed by atoms with Gasteiger partial charge in [-0.2, -0.15) is 0 Å². The number of aromatic nitrogens is 2. The number of amides is 1. The van der Waals surface area contributed by atoms with E-state index in [1.165, 1.54) is 19.5 Å². The molecule has 122 valence electrons. The van der Waals surface area contributed by atoms with Crippen LogP contribution in [0.4, 0.5) is 0 Å². The Morgan fingerprint density at radius 2 is 2.17 bits per heavy atom. The van der Waals surface area contributed by atoms with Gasteiger partial charge in [-0.3, -0.25) is 4.79 Å². The molecular formula is C19H20N4O. The third-order valence-electron chi connectivity index (χ3n) is 5.40. The summed E-state index contributed by atoms with van der Waals surface area (Å²) in [7, 11) is 0. The summed E-state index contributed by atoms with van der Waals surface area (Å²) in [5, 5.41) is 4.35. The highest BCUT2D eigenvalue weighted by Crippen LogP contribution is 2.27. The number of nitrogens with one attached hydrogen (secondary N) is 1. The molecule has 5 rings (SSSR count). The fourth-order valence-electron chi connectivity index (χ4n) is 4.27. The first-order valence-corrected chi connectivity index (χ1v) is 8.65. The molecule has 24 heavy (non-hydrogen) atoms. The van der Waals surface area contributed by atoms with Crippen LogP contribution in [0.5, 0.6) is 0 Å². The number of carbonyl (C=O) groups excluding carboxylic acids is 1. The van der Waals surface area contributed by atoms with Gasteiger partial charge in [0.2, 0.25) is 0 Å². The van der Waals surface area contributed by atoms with Gasteiger partial charge in [0.05, 0.1) is 17.2 Å². The lowest BCUT2D eigenvalue weighted by atomic mass is 9.97. The van der Waals surface area contributed by atoms with Crippen LogP contribution in [0.1, 0.15) is 23.3 Å². The zero-order valence-electron chi connectivity index (χ0n) is 13.5. The summed E-state index contributed by atoms with van der Waals surface area (Å²) < 4.78 is 2.05. The van der Waals surface area contributed by atoms with Gasteiger partial charge in [-0.05, 0) is 37.4 Å². The Bertz CT molecular complexity index is 919. The number of carbonyl (C=O) groups is 1. The van der Waals surface area contributed by atoms with Crippen molar-refractivity contribution in [1.29, 1.82) is 0 Å². The molecule has 3 unspecified atom stereocenters. The van der Waals surface area contributed by atoms with Gasteiger partial charge in [-0.1, -0.05) is 18.2 Å². The zero-order valence-corrected chi connectivity index (χ0v) is 13.5. The van der Waals surface area contributed by atoms with Crippen molar-refractivity contribution in [3.05, 3.63) is 48.4 Å². The van der Waals surface area contributed by atoms with Crippen molar-refractivity contribution in [3.63, 3.8) is 0 Å². The summed E-state index contributed by atoms with van der Waals surface area (Å²) in [5.41, 5.74) is 2.59. The van der Waals surface area contributed by atoms with Gasteiger partial charge in [0.25, 0.3) is 5.91 Å². The summed E-state index contributed by atoms with van der Waals surface area (Å²) >= 11 is 0. The lowest BCUT2D eigenvalue weighted by Crippen LogP contribution is -2.47. The van der Waals surface area contributed by atoms with Gasteiger partial charge in [-0.25, -0.2) is 4.98 Å². The van der Waals surface area contributed by atoms with Crippen LogP contribution in [0.15, 0.2) is 42.7 Å². The number of nitrogens with zero attached hydrogens (tertiary/aromatic N) is 3. The van der Waals surface area contributed by atoms with E-state index in [1.807, 2.05) is 22.7 Å². The Labute approximate surface area is 140 Å². The van der Waals surface area contributed by atoms with Crippen molar-refractivity contribution >= 4 is 22.3 Å². The van der Waals surface area contributed by atoms with E-state index in [-0.39, 0.29) is 11.9 Å². The van der Waals surface area contributed by atoms with Crippen molar-refractivity contribution in [2.45, 2.75) is 18.9 Å². The van der Waals surface area contributed by atoms with E-state index in [1.54, 1.807) is 6.20 Å². The largest absolute Gasteiger partial charge is 0.347 e. The Hall–Kier alpha value is -2.40. The third-order valence-corrected chi connectivity index (χ3v) is 5.40. The first-order chi connectivity index (χ1) is 11.8. The molecule has 1 amide bonds. The van der Waals surface area contributed by atoms with Crippen LogP contribution in [0.2, 0.25) is 0 Å². The molecule has 3 aromatic rings. The molecule has 2 aliphatic heterocycles. The lowest BCUT2D eigenvalue weighted by molar-refractivity contribution is 0.0904. The molecule has 0 spiro atoms. The van der Waals surface area contributed by atoms with Gasteiger partial charge in [0.15, 0.2) is 0 Å². The van der Waals surface area contributed by atoms with Crippen LogP contribution < -0.4 is 5.32 Å². The van der Waals surface area contributed by atoms with Crippen LogP contribution in [-0.4, -0.2) is 45.9 Å². The minimum Gasteiger partial charge on any atom is -0.347 e. The molecule has 4 heterocycles. The van der Waals surface area contributed by atoms with Gasteiger partial charge >= 0.3 is 0 Å². The maximum Gasteiger partial charge on any atom is 0.271 e. The summed E-state index contributed by atoms with van der Waals surface area (Å²) in [5.74, 6) is 0.676. The smallest absolute Gasteiger partial charge is 0.271 e. The van der Waals surface area contributed by atoms with Crippen LogP contribution in [-0.2, 0) is 0 Å². The number of benzene rings is 1. The first-order valence-electron chi connectivity index (χ1n) is 8.65. The van der Waals surface area contributed by atoms with E-state index in [4.69, 9.17) is 0 Å². The van der Waals surface area contributed by atoms with Gasteiger partial charge in [0, 0.05) is 30.7 Å². The summed E-state index contributed by atoms with van der Waals surface area (Å²) in [6.45, 7) is 3.35. The normalized spacial score (nSPS) is 26.1. The monoisotopic (exact) mass is 320 g/mol. The predicted octanol–water partition coefficient (Wildman–Crippen LogP) is 2.31. The van der Waals surface area contributed by atoms with Crippen molar-refractivity contribution in [2.24, 2.45) is 5.92 Å². The van der Waals surface area contributed by atoms with Crippen molar-refractivity contribution in [3.8, 4) is 0 Å². The molecule has 2 saturated heterocycles. The van der Waals surface area contributed by atoms with Gasteiger partial charge < -0.3 is 14.6 Å². The second-order valence-corrected chi connectivity index (χ2v) is 7.09. The van der Waals surface area contributed by atoms with E-state index < -0.39 is 0 Å². The molecule has 0 saturated carbocycles. The second-order valence-electron chi connectivity index (χ2n) is 7.09. The second kappa shape index (κ2) is 5.31. The number of para-hydroxylation sites is 1. The molecule has 3 atom stereocenters. The molecule has 5 heteroatoms. The Morgan fingerprint density at radius 1 is 1.25 bits per heavy atom. The minimum absolute atomic E-state index is 0.0674. The van der Waals surface area contributed by atoms with Crippen molar-refractivity contribution < 1.29 is 4.79 Å². The maximum atomic E-state index is 12.6. The standard InChI is InChI=1S/C19H20N4O/c24-19(21-15-7-13-5-6-22(10-13)11-15)17-12-23-16(9-20-17)8-14-3-1-2-4-18(14)23/h1-4,8-9,12-13,15H,5-7,10-11H2,(H,21,24). The molecule has 1 aromatic carbocycles. The quantitative estimate of drug-likeness (QED) is 0.788. The molecule has 2 aliphatic rings. The van der Waals surface area contributed by atoms with E-state index in [9.17, 15) is 4.79 Å². The molecule has 2 bridgehead atoms. The number of piperidine rings is 1. The summed E-state index contributed by atoms with van der Waals surface area (Å²) in [6, 6.07) is 10.5. The molecule has 2 fully saturated rings. The molecule has 0 aliphatic carbocycles. The molecule has 2 aromatic heterocycles. The molecule has 1 N–H and O–H groups in total. The van der Waals surface area contributed by atoms with E-state index in [0.717, 1.165) is 35.3 Å². The summed E-state index contributed by atoms with van der Waals surface area (Å²) in [4.78, 5) is 19.5. The van der Waals surface area contributed by atoms with Crippen LogP contribution in [0, 0.1) is 5.92 Å². The highest BCUT2D eigenvalue weighted by Gasteiger charge is 2.33. The minimum atomic E-state index is -0.0674. The van der Waals surface area contributed by atoms with E-state index in [2.05, 4.69) is 33.4 Å². The number of fused-ring (bicyclic) bond motifs is 5. The lowest BCUT2D eigenvalue weighted by Gasteiger charge is -2.30. The van der Waals surface area contributed by atoms with Crippen LogP contribution in [0.25, 0.3) is 16.4 Å². The first kappa shape index (κ1) is 14.0. The Balaban J connectivity index is 1.43. The molecule has 0 radical (unpaired) electrons. The van der Waals surface area contributed by atoms with E-state index >= 15 is 0 Å². The fourth-order valence-corrected chi connectivity index (χ4v) is 4.27. The number of hydrogen-bond acceptors (Lipinski definition) is 3. The van der Waals surface area contributed by atoms with Gasteiger partial charge in [-0.15, -0.1) is 0 Å². The third kappa shape index (κ3) is 2.27. The average Bonchev–Trinajstić information content (AvgIpc) is 3.14. The topological polar surface area (TPSA) is 49.6 Å². The highest BCUT2D eigenvalue weighted by atomic mass is 16.2. The van der Waals surface area contributed by atoms with Crippen molar-refractivity contribution in [2.75, 3.05) is 19.6 Å². The molecule has 5 nitrogen and oxygen atoms in total. The van der Waals surface area contributed by atoms with Crippen molar-refractivity contribution in [1.82, 2.24) is 19.6 Å². The molecular weight excluding hydrogens is 300 g/mol. The predicted molar refractivity (Wildman–Crippen MR) is 93.1 cm³/mol. The fraction of sp³-hybridized carbons (Fsp3) is 0.368. The summed E-state index contributed by atoms with van der Waals surface area (Å²) in [6.07, 6.45) is 6.00. The number of hydrogen-bond donors (Lipinski definition) is 1. The van der Waals surface area contributed by atoms with Crippen LogP contribution >= 0.6 is 0 Å². The average molecular weight is 320 g/mol. The van der Waals surface area contributed by atoms with Gasteiger partial charge in [0.1, 0.15) is 5.69 Å². The SMILES string of the molecule is O=C(NC1CC2CCN(C2)C1)c1cn2c(cn1)cc1ccccc12. The maximum absolute atomic E-state index is 12.6. The highest BCUT2D eigenvalue weighted by molar-refractivity contribution is 5.94. The Morgan fingerprint density at radius 3 is 3.08 bits per heavy atom. The zero-order chi connectivity index (χ0) is 16.1.